The van der Waals surface area contributed by atoms with Gasteiger partial charge < -0.3 is 24.3 Å². The average molecular weight is 445 g/mol. The van der Waals surface area contributed by atoms with Crippen molar-refractivity contribution < 1.29 is 28.5 Å². The Morgan fingerprint density at radius 2 is 1.85 bits per heavy atom. The Labute approximate surface area is 191 Å². The molecular weight excluding hydrogens is 422 g/mol. The summed E-state index contributed by atoms with van der Waals surface area (Å²) in [5.41, 5.74) is 0.0360. The standard InChI is InChI=1S/C26H23NO6/c1-3-14-27-24(28)19-20(25(29)30-2)26(23-22(32-23)21(19)33-26)18(15-16-10-6-4-7-11-16)31-17-12-8-5-9-13-17/h1,4-13,18,21-23H,14-15H2,2H3,(H,27,28). The van der Waals surface area contributed by atoms with Crippen molar-refractivity contribution in [3.05, 3.63) is 77.4 Å². The molecule has 7 nitrogen and oxygen atoms in total. The van der Waals surface area contributed by atoms with Crippen molar-refractivity contribution >= 4 is 11.9 Å². The van der Waals surface area contributed by atoms with Crippen molar-refractivity contribution in [3.63, 3.8) is 0 Å². The molecule has 3 heterocycles. The van der Waals surface area contributed by atoms with E-state index in [9.17, 15) is 9.59 Å². The van der Waals surface area contributed by atoms with Crippen LogP contribution < -0.4 is 10.1 Å². The Hall–Kier alpha value is -3.60. The Morgan fingerprint density at radius 3 is 2.52 bits per heavy atom. The quantitative estimate of drug-likeness (QED) is 0.379. The predicted molar refractivity (Wildman–Crippen MR) is 118 cm³/mol. The normalized spacial score (nSPS) is 27.3. The smallest absolute Gasteiger partial charge is 0.337 e. The minimum absolute atomic E-state index is 0.0272. The minimum Gasteiger partial charge on any atom is -0.487 e. The van der Waals surface area contributed by atoms with E-state index in [0.29, 0.717) is 12.2 Å². The SMILES string of the molecule is C#CCNC(=O)C1=C(C(=O)OC)C2(C(Cc3ccccc3)Oc3ccccc3)OC1C1OC12. The summed E-state index contributed by atoms with van der Waals surface area (Å²) in [6, 6.07) is 19.1. The molecule has 1 amide bonds. The molecule has 0 aliphatic carbocycles. The molecule has 2 aromatic carbocycles. The summed E-state index contributed by atoms with van der Waals surface area (Å²) >= 11 is 0. The van der Waals surface area contributed by atoms with Crippen LogP contribution in [-0.4, -0.2) is 55.5 Å². The molecule has 0 aromatic heterocycles. The zero-order chi connectivity index (χ0) is 23.0. The van der Waals surface area contributed by atoms with Gasteiger partial charge in [-0.25, -0.2) is 4.79 Å². The number of hydrogen-bond acceptors (Lipinski definition) is 6. The Bertz CT molecular complexity index is 1100. The number of amides is 1. The number of carbonyl (C=O) groups excluding carboxylic acids is 2. The van der Waals surface area contributed by atoms with Crippen LogP contribution in [0.25, 0.3) is 0 Å². The van der Waals surface area contributed by atoms with Crippen LogP contribution in [0.4, 0.5) is 0 Å². The average Bonchev–Trinajstić information content (AvgIpc) is 3.51. The third kappa shape index (κ3) is 3.48. The monoisotopic (exact) mass is 445 g/mol. The Balaban J connectivity index is 1.61. The molecule has 0 radical (unpaired) electrons. The lowest BCUT2D eigenvalue weighted by atomic mass is 9.76. The van der Waals surface area contributed by atoms with E-state index in [4.69, 9.17) is 25.4 Å². The van der Waals surface area contributed by atoms with Crippen molar-refractivity contribution in [1.29, 1.82) is 0 Å². The molecule has 0 saturated carbocycles. The van der Waals surface area contributed by atoms with Gasteiger partial charge in [0.05, 0.1) is 24.8 Å². The highest BCUT2D eigenvalue weighted by molar-refractivity contribution is 6.07. The van der Waals surface area contributed by atoms with E-state index < -0.39 is 35.8 Å². The van der Waals surface area contributed by atoms with Crippen LogP contribution in [-0.2, 0) is 30.2 Å². The molecule has 168 valence electrons. The molecule has 5 rings (SSSR count). The number of epoxide rings is 1. The molecule has 2 bridgehead atoms. The fraction of sp³-hybridized carbons (Fsp3) is 0.308. The van der Waals surface area contributed by atoms with E-state index in [1.165, 1.54) is 7.11 Å². The first-order chi connectivity index (χ1) is 16.1. The number of benzene rings is 2. The second-order valence-corrected chi connectivity index (χ2v) is 8.13. The van der Waals surface area contributed by atoms with Crippen molar-refractivity contribution in [3.8, 4) is 18.1 Å². The zero-order valence-corrected chi connectivity index (χ0v) is 18.0. The van der Waals surface area contributed by atoms with Crippen LogP contribution >= 0.6 is 0 Å². The van der Waals surface area contributed by atoms with Gasteiger partial charge in [0, 0.05) is 6.42 Å². The number of rotatable bonds is 8. The molecule has 7 heteroatoms. The van der Waals surface area contributed by atoms with Crippen LogP contribution in [0.5, 0.6) is 5.75 Å². The van der Waals surface area contributed by atoms with E-state index in [-0.39, 0.29) is 23.8 Å². The van der Waals surface area contributed by atoms with Crippen LogP contribution in [0.1, 0.15) is 5.56 Å². The van der Waals surface area contributed by atoms with Gasteiger partial charge in [0.15, 0.2) is 5.60 Å². The molecule has 5 unspecified atom stereocenters. The first-order valence-electron chi connectivity index (χ1n) is 10.7. The van der Waals surface area contributed by atoms with Crippen LogP contribution in [0, 0.1) is 12.3 Å². The number of terminal acetylenes is 1. The number of fused-ring (bicyclic) bond motifs is 5. The Morgan fingerprint density at radius 1 is 1.15 bits per heavy atom. The van der Waals surface area contributed by atoms with E-state index >= 15 is 0 Å². The van der Waals surface area contributed by atoms with Crippen molar-refractivity contribution in [2.45, 2.75) is 36.4 Å². The zero-order valence-electron chi connectivity index (χ0n) is 18.0. The summed E-state index contributed by atoms with van der Waals surface area (Å²) in [6.45, 7) is 0.0272. The summed E-state index contributed by atoms with van der Waals surface area (Å²) < 4.78 is 23.9. The lowest BCUT2D eigenvalue weighted by molar-refractivity contribution is -0.144. The van der Waals surface area contributed by atoms with Gasteiger partial charge in [0.1, 0.15) is 30.2 Å². The van der Waals surface area contributed by atoms with Gasteiger partial charge >= 0.3 is 5.97 Å². The molecule has 2 saturated heterocycles. The second kappa shape index (κ2) is 8.39. The maximum atomic E-state index is 13.1. The van der Waals surface area contributed by atoms with E-state index in [0.717, 1.165) is 5.56 Å². The second-order valence-electron chi connectivity index (χ2n) is 8.13. The number of hydrogen-bond donors (Lipinski definition) is 1. The largest absolute Gasteiger partial charge is 0.487 e. The van der Waals surface area contributed by atoms with Gasteiger partial charge in [-0.1, -0.05) is 54.5 Å². The fourth-order valence-corrected chi connectivity index (χ4v) is 4.85. The number of ether oxygens (including phenoxy) is 4. The number of para-hydroxylation sites is 1. The molecular formula is C26H23NO6. The maximum Gasteiger partial charge on any atom is 0.337 e. The summed E-state index contributed by atoms with van der Waals surface area (Å²) in [7, 11) is 1.28. The number of esters is 1. The highest BCUT2D eigenvalue weighted by atomic mass is 16.7. The van der Waals surface area contributed by atoms with E-state index in [2.05, 4.69) is 11.2 Å². The lowest BCUT2D eigenvalue weighted by Gasteiger charge is -2.36. The van der Waals surface area contributed by atoms with Crippen LogP contribution in [0.2, 0.25) is 0 Å². The van der Waals surface area contributed by atoms with E-state index in [1.807, 2.05) is 60.7 Å². The van der Waals surface area contributed by atoms with Crippen molar-refractivity contribution in [1.82, 2.24) is 5.32 Å². The Kier molecular flexibility index (Phi) is 5.41. The number of methoxy groups -OCH3 is 1. The molecule has 2 fully saturated rings. The van der Waals surface area contributed by atoms with Crippen LogP contribution in [0.3, 0.4) is 0 Å². The van der Waals surface area contributed by atoms with Gasteiger partial charge in [-0.15, -0.1) is 6.42 Å². The van der Waals surface area contributed by atoms with Crippen molar-refractivity contribution in [2.75, 3.05) is 13.7 Å². The van der Waals surface area contributed by atoms with Gasteiger partial charge in [-0.2, -0.15) is 0 Å². The van der Waals surface area contributed by atoms with Crippen molar-refractivity contribution in [2.24, 2.45) is 0 Å². The summed E-state index contributed by atoms with van der Waals surface area (Å²) in [4.78, 5) is 26.1. The third-order valence-electron chi connectivity index (χ3n) is 6.26. The highest BCUT2D eigenvalue weighted by Crippen LogP contribution is 2.60. The molecule has 0 spiro atoms. The highest BCUT2D eigenvalue weighted by Gasteiger charge is 2.78. The topological polar surface area (TPSA) is 86.4 Å². The predicted octanol–water partition coefficient (Wildman–Crippen LogP) is 1.81. The summed E-state index contributed by atoms with van der Waals surface area (Å²) in [5, 5.41) is 2.65. The maximum absolute atomic E-state index is 13.1. The first kappa shape index (κ1) is 21.3. The molecule has 3 aliphatic heterocycles. The van der Waals surface area contributed by atoms with Gasteiger partial charge in [0.25, 0.3) is 5.91 Å². The molecule has 5 atom stereocenters. The fourth-order valence-electron chi connectivity index (χ4n) is 4.85. The lowest BCUT2D eigenvalue weighted by Crippen LogP contribution is -2.54. The molecule has 1 N–H and O–H groups in total. The van der Waals surface area contributed by atoms with Gasteiger partial charge in [-0.05, 0) is 17.7 Å². The summed E-state index contributed by atoms with van der Waals surface area (Å²) in [5.74, 6) is 1.88. The summed E-state index contributed by atoms with van der Waals surface area (Å²) in [6.07, 6.45) is 3.63. The molecule has 33 heavy (non-hydrogen) atoms. The number of carbonyl (C=O) groups is 2. The van der Waals surface area contributed by atoms with E-state index in [1.54, 1.807) is 0 Å². The number of nitrogens with one attached hydrogen (secondary N) is 1. The first-order valence-corrected chi connectivity index (χ1v) is 10.7. The molecule has 2 aromatic rings. The third-order valence-corrected chi connectivity index (χ3v) is 6.26. The minimum atomic E-state index is -1.29. The van der Waals surface area contributed by atoms with Gasteiger partial charge in [-0.3, -0.25) is 4.79 Å². The van der Waals surface area contributed by atoms with Gasteiger partial charge in [0.2, 0.25) is 0 Å². The molecule has 3 aliphatic rings. The van der Waals surface area contributed by atoms with Crippen LogP contribution in [0.15, 0.2) is 71.8 Å².